The Hall–Kier alpha value is -2.75. The van der Waals surface area contributed by atoms with E-state index >= 15 is 0 Å². The van der Waals surface area contributed by atoms with Crippen LogP contribution in [-0.4, -0.2) is 29.0 Å². The number of carbonyl (C=O) groups excluding carboxylic acids is 1. The van der Waals surface area contributed by atoms with E-state index in [4.69, 9.17) is 0 Å². The van der Waals surface area contributed by atoms with Gasteiger partial charge >= 0.3 is 0 Å². The Morgan fingerprint density at radius 2 is 1.79 bits per heavy atom. The summed E-state index contributed by atoms with van der Waals surface area (Å²) in [6, 6.07) is 13.8. The van der Waals surface area contributed by atoms with Gasteiger partial charge in [0.05, 0.1) is 6.04 Å². The molecule has 4 nitrogen and oxygen atoms in total. The molecule has 29 heavy (non-hydrogen) atoms. The predicted octanol–water partition coefficient (Wildman–Crippen LogP) is 5.23. The standard InChI is InChI=1S/C25H28N2O2/c28-23-11-4-3-8-20(23)24-19-10-7-9-18(19)21-16-17(12-13-22(21)26-24)25(29)27-14-5-1-2-6-15-27/h3-4,7-9,11-13,16,18-19,24,26,28H,1-2,5-6,10,14-15H2. The van der Waals surface area contributed by atoms with Crippen LogP contribution in [0, 0.1) is 5.92 Å². The van der Waals surface area contributed by atoms with Crippen molar-refractivity contribution in [1.29, 1.82) is 0 Å². The lowest BCUT2D eigenvalue weighted by Crippen LogP contribution is -2.33. The summed E-state index contributed by atoms with van der Waals surface area (Å²) < 4.78 is 0. The lowest BCUT2D eigenvalue weighted by atomic mass is 9.76. The van der Waals surface area contributed by atoms with E-state index in [1.807, 2.05) is 29.2 Å². The van der Waals surface area contributed by atoms with Crippen molar-refractivity contribution in [3.63, 3.8) is 0 Å². The van der Waals surface area contributed by atoms with Gasteiger partial charge in [0, 0.05) is 35.8 Å². The van der Waals surface area contributed by atoms with Gasteiger partial charge in [-0.3, -0.25) is 4.79 Å². The van der Waals surface area contributed by atoms with E-state index in [0.717, 1.165) is 49.2 Å². The van der Waals surface area contributed by atoms with Gasteiger partial charge in [0.25, 0.3) is 5.91 Å². The summed E-state index contributed by atoms with van der Waals surface area (Å²) in [5.41, 5.74) is 4.02. The van der Waals surface area contributed by atoms with Gasteiger partial charge in [-0.15, -0.1) is 0 Å². The molecule has 0 saturated carbocycles. The highest BCUT2D eigenvalue weighted by molar-refractivity contribution is 5.95. The topological polar surface area (TPSA) is 52.6 Å². The van der Waals surface area contributed by atoms with Crippen LogP contribution in [0.5, 0.6) is 5.75 Å². The molecule has 1 fully saturated rings. The molecule has 2 aromatic carbocycles. The Bertz CT molecular complexity index is 944. The smallest absolute Gasteiger partial charge is 0.253 e. The molecule has 0 aromatic heterocycles. The van der Waals surface area contributed by atoms with Crippen LogP contribution in [0.15, 0.2) is 54.6 Å². The summed E-state index contributed by atoms with van der Waals surface area (Å²) in [4.78, 5) is 15.1. The Balaban J connectivity index is 1.47. The molecule has 3 unspecified atom stereocenters. The minimum Gasteiger partial charge on any atom is -0.508 e. The highest BCUT2D eigenvalue weighted by Gasteiger charge is 2.39. The fraction of sp³-hybridized carbons (Fsp3) is 0.400. The van der Waals surface area contributed by atoms with Gasteiger partial charge in [-0.05, 0) is 55.0 Å². The summed E-state index contributed by atoms with van der Waals surface area (Å²) >= 11 is 0. The number of anilines is 1. The van der Waals surface area contributed by atoms with Crippen molar-refractivity contribution in [3.05, 3.63) is 71.3 Å². The second-order valence-electron chi connectivity index (χ2n) is 8.54. The second kappa shape index (κ2) is 7.58. The number of phenols is 1. The van der Waals surface area contributed by atoms with Gasteiger partial charge in [-0.25, -0.2) is 0 Å². The van der Waals surface area contributed by atoms with E-state index in [9.17, 15) is 9.90 Å². The summed E-state index contributed by atoms with van der Waals surface area (Å²) in [5, 5.41) is 14.1. The number of hydrogen-bond donors (Lipinski definition) is 2. The number of nitrogens with zero attached hydrogens (tertiary/aromatic N) is 1. The molecule has 1 saturated heterocycles. The van der Waals surface area contributed by atoms with E-state index in [2.05, 4.69) is 29.6 Å². The molecule has 0 bridgehead atoms. The van der Waals surface area contributed by atoms with E-state index in [0.29, 0.717) is 11.7 Å². The summed E-state index contributed by atoms with van der Waals surface area (Å²) in [6.07, 6.45) is 10.1. The van der Waals surface area contributed by atoms with Crippen molar-refractivity contribution in [2.24, 2.45) is 5.92 Å². The van der Waals surface area contributed by atoms with Crippen LogP contribution in [0.1, 0.15) is 65.5 Å². The Kier molecular flexibility index (Phi) is 4.78. The zero-order valence-electron chi connectivity index (χ0n) is 16.7. The molecule has 2 N–H and O–H groups in total. The van der Waals surface area contributed by atoms with Crippen molar-refractivity contribution >= 4 is 11.6 Å². The number of carbonyl (C=O) groups is 1. The normalized spacial score (nSPS) is 25.7. The van der Waals surface area contributed by atoms with Crippen molar-refractivity contribution in [1.82, 2.24) is 4.90 Å². The monoisotopic (exact) mass is 388 g/mol. The van der Waals surface area contributed by atoms with Crippen molar-refractivity contribution in [2.45, 2.75) is 44.1 Å². The fourth-order valence-corrected chi connectivity index (χ4v) is 5.24. The minimum absolute atomic E-state index is 0.0656. The summed E-state index contributed by atoms with van der Waals surface area (Å²) in [5.74, 6) is 1.12. The first-order valence-electron chi connectivity index (χ1n) is 10.9. The quantitative estimate of drug-likeness (QED) is 0.692. The fourth-order valence-electron chi connectivity index (χ4n) is 5.24. The Morgan fingerprint density at radius 1 is 1.00 bits per heavy atom. The number of allylic oxidation sites excluding steroid dienone is 2. The van der Waals surface area contributed by atoms with Crippen LogP contribution in [0.4, 0.5) is 5.69 Å². The SMILES string of the molecule is O=C(c1ccc2c(c1)C1C=CCC1C(c1ccccc1O)N2)N1CCCCCC1. The largest absolute Gasteiger partial charge is 0.508 e. The maximum atomic E-state index is 13.1. The van der Waals surface area contributed by atoms with Gasteiger partial charge in [-0.1, -0.05) is 43.2 Å². The molecule has 5 rings (SSSR count). The minimum atomic E-state index is 0.0656. The van der Waals surface area contributed by atoms with Crippen LogP contribution in [0.25, 0.3) is 0 Å². The van der Waals surface area contributed by atoms with Gasteiger partial charge in [0.1, 0.15) is 5.75 Å². The Labute approximate surface area is 172 Å². The number of fused-ring (bicyclic) bond motifs is 3. The van der Waals surface area contributed by atoms with Gasteiger partial charge < -0.3 is 15.3 Å². The molecule has 4 heteroatoms. The average Bonchev–Trinajstić information content (AvgIpc) is 3.08. The van der Waals surface area contributed by atoms with Crippen LogP contribution in [0.3, 0.4) is 0 Å². The van der Waals surface area contributed by atoms with Crippen LogP contribution >= 0.6 is 0 Å². The lowest BCUT2D eigenvalue weighted by Gasteiger charge is -2.38. The predicted molar refractivity (Wildman–Crippen MR) is 115 cm³/mol. The first-order chi connectivity index (χ1) is 14.2. The first-order valence-corrected chi connectivity index (χ1v) is 10.9. The molecule has 2 aromatic rings. The third-order valence-electron chi connectivity index (χ3n) is 6.77. The molecule has 1 aliphatic carbocycles. The first kappa shape index (κ1) is 18.3. The molecule has 150 valence electrons. The van der Waals surface area contributed by atoms with E-state index < -0.39 is 0 Å². The number of likely N-dealkylation sites (tertiary alicyclic amines) is 1. The number of hydrogen-bond acceptors (Lipinski definition) is 3. The van der Waals surface area contributed by atoms with Crippen LogP contribution < -0.4 is 5.32 Å². The molecule has 2 aliphatic heterocycles. The molecular formula is C25H28N2O2. The average molecular weight is 389 g/mol. The molecule has 1 amide bonds. The van der Waals surface area contributed by atoms with Crippen molar-refractivity contribution < 1.29 is 9.90 Å². The maximum absolute atomic E-state index is 13.1. The van der Waals surface area contributed by atoms with E-state index in [1.165, 1.54) is 18.4 Å². The van der Waals surface area contributed by atoms with E-state index in [1.54, 1.807) is 6.07 Å². The maximum Gasteiger partial charge on any atom is 0.253 e. The van der Waals surface area contributed by atoms with E-state index in [-0.39, 0.29) is 17.9 Å². The zero-order chi connectivity index (χ0) is 19.8. The molecule has 0 spiro atoms. The highest BCUT2D eigenvalue weighted by atomic mass is 16.3. The number of benzene rings is 2. The summed E-state index contributed by atoms with van der Waals surface area (Å²) in [6.45, 7) is 1.74. The molecule has 3 aliphatic rings. The number of para-hydroxylation sites is 1. The second-order valence-corrected chi connectivity index (χ2v) is 8.54. The highest BCUT2D eigenvalue weighted by Crippen LogP contribution is 2.51. The number of nitrogens with one attached hydrogen (secondary N) is 1. The van der Waals surface area contributed by atoms with Crippen molar-refractivity contribution in [2.75, 3.05) is 18.4 Å². The number of rotatable bonds is 2. The Morgan fingerprint density at radius 3 is 2.59 bits per heavy atom. The summed E-state index contributed by atoms with van der Waals surface area (Å²) in [7, 11) is 0. The zero-order valence-corrected chi connectivity index (χ0v) is 16.7. The third-order valence-corrected chi connectivity index (χ3v) is 6.77. The lowest BCUT2D eigenvalue weighted by molar-refractivity contribution is 0.0761. The number of phenolic OH excluding ortho intramolecular Hbond substituents is 1. The third kappa shape index (κ3) is 3.31. The van der Waals surface area contributed by atoms with Crippen LogP contribution in [0.2, 0.25) is 0 Å². The molecule has 3 atom stereocenters. The van der Waals surface area contributed by atoms with Gasteiger partial charge in [0.2, 0.25) is 0 Å². The molecule has 0 radical (unpaired) electrons. The van der Waals surface area contributed by atoms with Gasteiger partial charge in [0.15, 0.2) is 0 Å². The molecular weight excluding hydrogens is 360 g/mol. The van der Waals surface area contributed by atoms with Crippen LogP contribution in [-0.2, 0) is 0 Å². The number of aromatic hydroxyl groups is 1. The van der Waals surface area contributed by atoms with Gasteiger partial charge in [-0.2, -0.15) is 0 Å². The number of amides is 1. The molecule has 2 heterocycles. The van der Waals surface area contributed by atoms with Crippen molar-refractivity contribution in [3.8, 4) is 5.75 Å².